The van der Waals surface area contributed by atoms with Crippen LogP contribution in [-0.4, -0.2) is 49.9 Å². The molecule has 1 saturated heterocycles. The predicted octanol–water partition coefficient (Wildman–Crippen LogP) is -0.419. The van der Waals surface area contributed by atoms with E-state index in [9.17, 15) is 9.59 Å². The maximum absolute atomic E-state index is 11.7. The Labute approximate surface area is 96.6 Å². The van der Waals surface area contributed by atoms with Crippen LogP contribution in [0.2, 0.25) is 0 Å². The van der Waals surface area contributed by atoms with Crippen LogP contribution in [0.15, 0.2) is 0 Å². The maximum Gasteiger partial charge on any atom is 0.225 e. The molecule has 1 heterocycles. The molecule has 16 heavy (non-hydrogen) atoms. The van der Waals surface area contributed by atoms with E-state index in [0.717, 1.165) is 13.0 Å². The molecule has 1 fully saturated rings. The fraction of sp³-hybridized carbons (Fsp3) is 0.818. The van der Waals surface area contributed by atoms with Gasteiger partial charge in [0.1, 0.15) is 0 Å². The second-order valence-corrected chi connectivity index (χ2v) is 4.08. The molecule has 1 rings (SSSR count). The van der Waals surface area contributed by atoms with E-state index in [-0.39, 0.29) is 17.7 Å². The molecule has 1 atom stereocenters. The fourth-order valence-electron chi connectivity index (χ4n) is 1.87. The summed E-state index contributed by atoms with van der Waals surface area (Å²) in [7, 11) is 1.89. The quantitative estimate of drug-likeness (QED) is 0.606. The van der Waals surface area contributed by atoms with Crippen LogP contribution < -0.4 is 10.6 Å². The summed E-state index contributed by atoms with van der Waals surface area (Å²) in [5.74, 6) is -0.0414. The van der Waals surface area contributed by atoms with Crippen LogP contribution in [-0.2, 0) is 9.59 Å². The van der Waals surface area contributed by atoms with Gasteiger partial charge in [0.05, 0.1) is 5.92 Å². The van der Waals surface area contributed by atoms with Crippen molar-refractivity contribution in [1.29, 1.82) is 0 Å². The summed E-state index contributed by atoms with van der Waals surface area (Å²) in [4.78, 5) is 24.9. The molecule has 1 unspecified atom stereocenters. The van der Waals surface area contributed by atoms with Crippen molar-refractivity contribution in [3.8, 4) is 0 Å². The number of rotatable bonds is 6. The van der Waals surface area contributed by atoms with Crippen molar-refractivity contribution in [2.75, 3.05) is 33.2 Å². The van der Waals surface area contributed by atoms with Crippen molar-refractivity contribution in [3.05, 3.63) is 0 Å². The molecule has 92 valence electrons. The van der Waals surface area contributed by atoms with Gasteiger partial charge in [0.2, 0.25) is 11.8 Å². The highest BCUT2D eigenvalue weighted by Gasteiger charge is 2.32. The molecule has 0 saturated carbocycles. The Morgan fingerprint density at radius 1 is 1.50 bits per heavy atom. The molecular weight excluding hydrogens is 206 g/mol. The molecule has 0 bridgehead atoms. The second kappa shape index (κ2) is 6.48. The number of carbonyl (C=O) groups is 2. The third-order valence-corrected chi connectivity index (χ3v) is 2.87. The summed E-state index contributed by atoms with van der Waals surface area (Å²) in [5.41, 5.74) is 0. The van der Waals surface area contributed by atoms with Crippen molar-refractivity contribution >= 4 is 11.8 Å². The molecule has 0 aromatic rings. The normalized spacial score (nSPS) is 20.2. The van der Waals surface area contributed by atoms with Crippen molar-refractivity contribution in [3.63, 3.8) is 0 Å². The summed E-state index contributed by atoms with van der Waals surface area (Å²) in [6.07, 6.45) is 1.28. The van der Waals surface area contributed by atoms with Gasteiger partial charge in [0.25, 0.3) is 0 Å². The van der Waals surface area contributed by atoms with Crippen LogP contribution in [0.3, 0.4) is 0 Å². The lowest BCUT2D eigenvalue weighted by molar-refractivity contribution is -0.128. The number of hydrogen-bond donors (Lipinski definition) is 2. The minimum absolute atomic E-state index is 0.0143. The van der Waals surface area contributed by atoms with Gasteiger partial charge in [-0.15, -0.1) is 0 Å². The Bertz CT molecular complexity index is 256. The summed E-state index contributed by atoms with van der Waals surface area (Å²) < 4.78 is 0. The first kappa shape index (κ1) is 13.0. The van der Waals surface area contributed by atoms with Gasteiger partial charge >= 0.3 is 0 Å². The molecule has 1 aliphatic heterocycles. The van der Waals surface area contributed by atoms with Crippen molar-refractivity contribution in [2.24, 2.45) is 5.92 Å². The summed E-state index contributed by atoms with van der Waals surface area (Å²) in [5, 5.41) is 5.89. The Hall–Kier alpha value is -1.10. The lowest BCUT2D eigenvalue weighted by Crippen LogP contribution is -2.34. The van der Waals surface area contributed by atoms with Gasteiger partial charge in [0, 0.05) is 26.1 Å². The number of hydrogen-bond acceptors (Lipinski definition) is 3. The topological polar surface area (TPSA) is 61.4 Å². The van der Waals surface area contributed by atoms with Gasteiger partial charge in [-0.1, -0.05) is 0 Å². The van der Waals surface area contributed by atoms with E-state index in [2.05, 4.69) is 10.6 Å². The molecule has 0 aromatic heterocycles. The number of likely N-dealkylation sites (tertiary alicyclic amines) is 1. The van der Waals surface area contributed by atoms with Gasteiger partial charge in [-0.3, -0.25) is 9.59 Å². The van der Waals surface area contributed by atoms with Crippen molar-refractivity contribution < 1.29 is 9.59 Å². The number of nitrogens with one attached hydrogen (secondary N) is 2. The number of carbonyl (C=O) groups excluding carboxylic acids is 2. The van der Waals surface area contributed by atoms with Crippen molar-refractivity contribution in [1.82, 2.24) is 15.5 Å². The lowest BCUT2D eigenvalue weighted by atomic mass is 10.1. The Morgan fingerprint density at radius 2 is 2.25 bits per heavy atom. The van der Waals surface area contributed by atoms with Crippen LogP contribution in [0.4, 0.5) is 0 Å². The predicted molar refractivity (Wildman–Crippen MR) is 61.9 cm³/mol. The van der Waals surface area contributed by atoms with E-state index in [1.54, 1.807) is 4.90 Å². The van der Waals surface area contributed by atoms with Crippen LogP contribution >= 0.6 is 0 Å². The lowest BCUT2D eigenvalue weighted by Gasteiger charge is -2.13. The molecule has 0 radical (unpaired) electrons. The highest BCUT2D eigenvalue weighted by molar-refractivity contribution is 5.89. The zero-order chi connectivity index (χ0) is 12.0. The SMILES string of the molecule is CCN1CC(C(=O)NCCCNC)CC1=O. The van der Waals surface area contributed by atoms with Crippen molar-refractivity contribution in [2.45, 2.75) is 19.8 Å². The monoisotopic (exact) mass is 227 g/mol. The van der Waals surface area contributed by atoms with E-state index in [0.29, 0.717) is 26.1 Å². The van der Waals surface area contributed by atoms with Crippen LogP contribution in [0, 0.1) is 5.92 Å². The molecule has 0 spiro atoms. The number of amides is 2. The summed E-state index contributed by atoms with van der Waals surface area (Å²) in [6.45, 7) is 4.78. The van der Waals surface area contributed by atoms with Gasteiger partial charge in [-0.05, 0) is 26.9 Å². The molecule has 0 aliphatic carbocycles. The maximum atomic E-state index is 11.7. The van der Waals surface area contributed by atoms with Crippen LogP contribution in [0.25, 0.3) is 0 Å². The second-order valence-electron chi connectivity index (χ2n) is 4.08. The average molecular weight is 227 g/mol. The minimum atomic E-state index is -0.151. The van der Waals surface area contributed by atoms with Crippen LogP contribution in [0.1, 0.15) is 19.8 Å². The number of nitrogens with zero attached hydrogens (tertiary/aromatic N) is 1. The van der Waals surface area contributed by atoms with Gasteiger partial charge in [-0.2, -0.15) is 0 Å². The Balaban J connectivity index is 2.25. The van der Waals surface area contributed by atoms with E-state index in [1.165, 1.54) is 0 Å². The van der Waals surface area contributed by atoms with Crippen LogP contribution in [0.5, 0.6) is 0 Å². The third-order valence-electron chi connectivity index (χ3n) is 2.87. The Kier molecular flexibility index (Phi) is 5.25. The van der Waals surface area contributed by atoms with Gasteiger partial charge in [-0.25, -0.2) is 0 Å². The van der Waals surface area contributed by atoms with E-state index in [4.69, 9.17) is 0 Å². The first-order valence-electron chi connectivity index (χ1n) is 5.89. The third kappa shape index (κ3) is 3.48. The molecule has 5 nitrogen and oxygen atoms in total. The average Bonchev–Trinajstić information content (AvgIpc) is 2.66. The van der Waals surface area contributed by atoms with E-state index in [1.807, 2.05) is 14.0 Å². The first-order valence-corrected chi connectivity index (χ1v) is 5.89. The summed E-state index contributed by atoms with van der Waals surface area (Å²) in [6, 6.07) is 0. The smallest absolute Gasteiger partial charge is 0.225 e. The largest absolute Gasteiger partial charge is 0.356 e. The first-order chi connectivity index (χ1) is 7.69. The van der Waals surface area contributed by atoms with E-state index >= 15 is 0 Å². The zero-order valence-corrected chi connectivity index (χ0v) is 10.1. The molecule has 5 heteroatoms. The minimum Gasteiger partial charge on any atom is -0.356 e. The molecule has 0 aromatic carbocycles. The zero-order valence-electron chi connectivity index (χ0n) is 10.1. The highest BCUT2D eigenvalue weighted by atomic mass is 16.2. The summed E-state index contributed by atoms with van der Waals surface area (Å²) >= 11 is 0. The van der Waals surface area contributed by atoms with Gasteiger partial charge in [0.15, 0.2) is 0 Å². The highest BCUT2D eigenvalue weighted by Crippen LogP contribution is 2.17. The molecular formula is C11H21N3O2. The molecule has 1 aliphatic rings. The fourth-order valence-corrected chi connectivity index (χ4v) is 1.87. The molecule has 2 N–H and O–H groups in total. The Morgan fingerprint density at radius 3 is 2.81 bits per heavy atom. The van der Waals surface area contributed by atoms with E-state index < -0.39 is 0 Å². The van der Waals surface area contributed by atoms with Gasteiger partial charge < -0.3 is 15.5 Å². The molecule has 2 amide bonds. The standard InChI is InChI=1S/C11H21N3O2/c1-3-14-8-9(7-10(14)15)11(16)13-6-4-5-12-2/h9,12H,3-8H2,1-2H3,(H,13,16).